The topological polar surface area (TPSA) is 64.3 Å². The van der Waals surface area contributed by atoms with Gasteiger partial charge < -0.3 is 15.4 Å². The van der Waals surface area contributed by atoms with Crippen LogP contribution in [0.15, 0.2) is 6.33 Å². The van der Waals surface area contributed by atoms with Crippen molar-refractivity contribution in [3.63, 3.8) is 0 Å². The number of aromatic nitrogens is 2. The van der Waals surface area contributed by atoms with Crippen LogP contribution in [0.3, 0.4) is 0 Å². The average Bonchev–Trinajstić information content (AvgIpc) is 2.87. The molecule has 1 atom stereocenters. The molecule has 1 saturated heterocycles. The van der Waals surface area contributed by atoms with Crippen LogP contribution < -0.4 is 10.6 Å². The third-order valence-corrected chi connectivity index (χ3v) is 3.66. The van der Waals surface area contributed by atoms with Crippen LogP contribution in [0, 0.1) is 5.92 Å². The van der Waals surface area contributed by atoms with Crippen LogP contribution in [0.1, 0.15) is 17.7 Å². The minimum Gasteiger partial charge on any atom is -0.376 e. The van der Waals surface area contributed by atoms with Gasteiger partial charge in [0.15, 0.2) is 0 Å². The lowest BCUT2D eigenvalue weighted by molar-refractivity contribution is 0.109. The van der Waals surface area contributed by atoms with E-state index in [-0.39, 0.29) is 0 Å². The quantitative estimate of drug-likeness (QED) is 0.799. The summed E-state index contributed by atoms with van der Waals surface area (Å²) in [7, 11) is 0. The van der Waals surface area contributed by atoms with Gasteiger partial charge >= 0.3 is 0 Å². The van der Waals surface area contributed by atoms with Gasteiger partial charge in [-0.25, -0.2) is 9.97 Å². The van der Waals surface area contributed by atoms with Crippen LogP contribution in [0.5, 0.6) is 0 Å². The van der Waals surface area contributed by atoms with E-state index in [0.717, 1.165) is 50.6 Å². The third kappa shape index (κ3) is 2.00. The molecule has 0 bridgehead atoms. The minimum atomic E-state index is 0.602. The molecule has 0 aromatic carbocycles. The number of anilines is 1. The van der Waals surface area contributed by atoms with Crippen LogP contribution in [-0.2, 0) is 17.8 Å². The molecule has 17 heavy (non-hydrogen) atoms. The van der Waals surface area contributed by atoms with E-state index in [1.54, 1.807) is 6.33 Å². The van der Waals surface area contributed by atoms with Gasteiger partial charge in [-0.05, 0) is 18.9 Å². The summed E-state index contributed by atoms with van der Waals surface area (Å²) in [6, 6.07) is 0. The Morgan fingerprint density at radius 3 is 3.24 bits per heavy atom. The summed E-state index contributed by atoms with van der Waals surface area (Å²) in [4.78, 5) is 11.1. The molecule has 0 radical (unpaired) electrons. The van der Waals surface area contributed by atoms with Gasteiger partial charge in [-0.3, -0.25) is 0 Å². The van der Waals surface area contributed by atoms with Crippen LogP contribution in [0.25, 0.3) is 0 Å². The lowest BCUT2D eigenvalue weighted by atomic mass is 10.1. The third-order valence-electron chi connectivity index (χ3n) is 3.66. The number of nitrogens with zero attached hydrogens (tertiary/aromatic N) is 3. The van der Waals surface area contributed by atoms with Gasteiger partial charge in [0.05, 0.1) is 18.9 Å². The number of fused-ring (bicyclic) bond motifs is 1. The predicted molar refractivity (Wildman–Crippen MR) is 64.8 cm³/mol. The zero-order valence-corrected chi connectivity index (χ0v) is 9.93. The highest BCUT2D eigenvalue weighted by atomic mass is 16.5. The van der Waals surface area contributed by atoms with Crippen molar-refractivity contribution in [2.45, 2.75) is 19.4 Å². The zero-order valence-electron chi connectivity index (χ0n) is 9.93. The maximum absolute atomic E-state index is 5.73. The molecule has 0 amide bonds. The van der Waals surface area contributed by atoms with Crippen molar-refractivity contribution in [1.82, 2.24) is 9.97 Å². The monoisotopic (exact) mass is 234 g/mol. The van der Waals surface area contributed by atoms with Gasteiger partial charge in [0.1, 0.15) is 12.1 Å². The molecule has 2 aliphatic rings. The van der Waals surface area contributed by atoms with E-state index in [9.17, 15) is 0 Å². The first-order valence-corrected chi connectivity index (χ1v) is 6.24. The van der Waals surface area contributed by atoms with Gasteiger partial charge in [0, 0.05) is 25.1 Å². The standard InChI is InChI=1S/C12H18N4O/c13-5-9-1-3-16(6-9)12-10-7-17-4-2-11(10)14-8-15-12/h8-9H,1-7,13H2. The largest absolute Gasteiger partial charge is 0.376 e. The molecule has 0 spiro atoms. The van der Waals surface area contributed by atoms with Crippen molar-refractivity contribution >= 4 is 5.82 Å². The van der Waals surface area contributed by atoms with E-state index >= 15 is 0 Å². The maximum Gasteiger partial charge on any atom is 0.137 e. The van der Waals surface area contributed by atoms with Crippen molar-refractivity contribution in [3.8, 4) is 0 Å². The van der Waals surface area contributed by atoms with Crippen LogP contribution >= 0.6 is 0 Å². The summed E-state index contributed by atoms with van der Waals surface area (Å²) >= 11 is 0. The van der Waals surface area contributed by atoms with E-state index in [4.69, 9.17) is 10.5 Å². The molecule has 1 aromatic rings. The SMILES string of the molecule is NCC1CCN(c2ncnc3c2COCC3)C1. The molecule has 2 aliphatic heterocycles. The summed E-state index contributed by atoms with van der Waals surface area (Å²) in [6.45, 7) is 4.25. The van der Waals surface area contributed by atoms with Gasteiger partial charge in [0.25, 0.3) is 0 Å². The molecular weight excluding hydrogens is 216 g/mol. The average molecular weight is 234 g/mol. The molecule has 5 nitrogen and oxygen atoms in total. The van der Waals surface area contributed by atoms with E-state index < -0.39 is 0 Å². The molecule has 1 fully saturated rings. The Labute approximate surface area is 101 Å². The Morgan fingerprint density at radius 1 is 1.47 bits per heavy atom. The lowest BCUT2D eigenvalue weighted by Crippen LogP contribution is -2.26. The number of ether oxygens (including phenoxy) is 1. The number of hydrogen-bond donors (Lipinski definition) is 1. The highest BCUT2D eigenvalue weighted by Crippen LogP contribution is 2.28. The fraction of sp³-hybridized carbons (Fsp3) is 0.667. The predicted octanol–water partition coefficient (Wildman–Crippen LogP) is 0.334. The second-order valence-electron chi connectivity index (χ2n) is 4.76. The Bertz CT molecular complexity index is 409. The second-order valence-corrected chi connectivity index (χ2v) is 4.76. The zero-order chi connectivity index (χ0) is 11.7. The lowest BCUT2D eigenvalue weighted by Gasteiger charge is -2.24. The van der Waals surface area contributed by atoms with E-state index in [1.807, 2.05) is 0 Å². The Hall–Kier alpha value is -1.20. The molecule has 3 rings (SSSR count). The van der Waals surface area contributed by atoms with Gasteiger partial charge in [-0.2, -0.15) is 0 Å². The number of hydrogen-bond acceptors (Lipinski definition) is 5. The molecule has 1 aromatic heterocycles. The van der Waals surface area contributed by atoms with Crippen molar-refractivity contribution < 1.29 is 4.74 Å². The fourth-order valence-corrected chi connectivity index (χ4v) is 2.63. The second kappa shape index (κ2) is 4.58. The number of rotatable bonds is 2. The van der Waals surface area contributed by atoms with Crippen molar-refractivity contribution in [2.75, 3.05) is 31.1 Å². The molecule has 1 unspecified atom stereocenters. The van der Waals surface area contributed by atoms with Crippen LogP contribution in [-0.4, -0.2) is 36.2 Å². The summed E-state index contributed by atoms with van der Waals surface area (Å²) in [5.41, 5.74) is 8.06. The van der Waals surface area contributed by atoms with Crippen LogP contribution in [0.2, 0.25) is 0 Å². The summed E-state index contributed by atoms with van der Waals surface area (Å²) < 4.78 is 5.52. The van der Waals surface area contributed by atoms with Gasteiger partial charge in [-0.15, -0.1) is 0 Å². The molecule has 0 saturated carbocycles. The molecule has 0 aliphatic carbocycles. The van der Waals surface area contributed by atoms with Crippen molar-refractivity contribution in [2.24, 2.45) is 11.7 Å². The van der Waals surface area contributed by atoms with Gasteiger partial charge in [0.2, 0.25) is 0 Å². The van der Waals surface area contributed by atoms with E-state index in [1.165, 1.54) is 5.56 Å². The van der Waals surface area contributed by atoms with Crippen molar-refractivity contribution in [1.29, 1.82) is 0 Å². The first-order chi connectivity index (χ1) is 8.38. The summed E-state index contributed by atoms with van der Waals surface area (Å²) in [5.74, 6) is 1.66. The molecular formula is C12H18N4O. The first kappa shape index (κ1) is 10.9. The Kier molecular flexibility index (Phi) is 2.94. The van der Waals surface area contributed by atoms with E-state index in [2.05, 4.69) is 14.9 Å². The van der Waals surface area contributed by atoms with Crippen LogP contribution in [0.4, 0.5) is 5.82 Å². The number of nitrogens with two attached hydrogens (primary N) is 1. The molecule has 3 heterocycles. The molecule has 92 valence electrons. The maximum atomic E-state index is 5.73. The first-order valence-electron chi connectivity index (χ1n) is 6.24. The van der Waals surface area contributed by atoms with Gasteiger partial charge in [-0.1, -0.05) is 0 Å². The Balaban J connectivity index is 1.88. The normalized spacial score (nSPS) is 23.8. The fourth-order valence-electron chi connectivity index (χ4n) is 2.63. The summed E-state index contributed by atoms with van der Waals surface area (Å²) in [5, 5.41) is 0. The van der Waals surface area contributed by atoms with Crippen molar-refractivity contribution in [3.05, 3.63) is 17.6 Å². The smallest absolute Gasteiger partial charge is 0.137 e. The molecule has 2 N–H and O–H groups in total. The van der Waals surface area contributed by atoms with E-state index in [0.29, 0.717) is 12.5 Å². The minimum absolute atomic E-state index is 0.602. The Morgan fingerprint density at radius 2 is 2.41 bits per heavy atom. The summed E-state index contributed by atoms with van der Waals surface area (Å²) in [6.07, 6.45) is 3.74. The highest BCUT2D eigenvalue weighted by Gasteiger charge is 2.26. The highest BCUT2D eigenvalue weighted by molar-refractivity contribution is 5.49. The molecule has 5 heteroatoms.